The maximum absolute atomic E-state index is 14.9. The Kier molecular flexibility index (Phi) is 8.27. The van der Waals surface area contributed by atoms with Gasteiger partial charge in [-0.15, -0.1) is 0 Å². The summed E-state index contributed by atoms with van der Waals surface area (Å²) in [4.78, 5) is 38.1. The van der Waals surface area contributed by atoms with Crippen molar-refractivity contribution in [3.8, 4) is 0 Å². The topological polar surface area (TPSA) is 127 Å². The summed E-state index contributed by atoms with van der Waals surface area (Å²) >= 11 is 0. The quantitative estimate of drug-likeness (QED) is 0.294. The van der Waals surface area contributed by atoms with Gasteiger partial charge in [0.1, 0.15) is 23.5 Å². The number of amides is 1. The molecule has 0 unspecified atom stereocenters. The van der Waals surface area contributed by atoms with E-state index in [4.69, 9.17) is 4.74 Å². The van der Waals surface area contributed by atoms with E-state index >= 15 is 0 Å². The molecule has 1 fully saturated rings. The number of rotatable bonds is 7. The van der Waals surface area contributed by atoms with Gasteiger partial charge in [0.05, 0.1) is 4.92 Å². The molecular formula is C26H32FN3O7S. The van der Waals surface area contributed by atoms with Crippen molar-refractivity contribution in [3.63, 3.8) is 0 Å². The summed E-state index contributed by atoms with van der Waals surface area (Å²) in [5.74, 6) is -1.96. The first-order valence-corrected chi connectivity index (χ1v) is 13.5. The normalized spacial score (nSPS) is 17.8. The fraction of sp³-hybridized carbons (Fsp3) is 0.462. The molecule has 2 aromatic carbocycles. The molecule has 2 atom stereocenters. The van der Waals surface area contributed by atoms with Gasteiger partial charge in [-0.3, -0.25) is 14.9 Å². The molecule has 1 saturated heterocycles. The van der Waals surface area contributed by atoms with Crippen LogP contribution < -0.4 is 0 Å². The number of esters is 1. The van der Waals surface area contributed by atoms with Crippen molar-refractivity contribution < 1.29 is 32.1 Å². The van der Waals surface area contributed by atoms with Crippen molar-refractivity contribution in [2.45, 2.75) is 70.5 Å². The molecule has 0 radical (unpaired) electrons. The highest BCUT2D eigenvalue weighted by Crippen LogP contribution is 2.30. The fourth-order valence-electron chi connectivity index (χ4n) is 4.55. The largest absolute Gasteiger partial charge is 0.458 e. The zero-order valence-corrected chi connectivity index (χ0v) is 23.0. The highest BCUT2D eigenvalue weighted by Gasteiger charge is 2.45. The zero-order chi connectivity index (χ0) is 28.6. The number of benzene rings is 2. The lowest BCUT2D eigenvalue weighted by Crippen LogP contribution is -2.62. The van der Waals surface area contributed by atoms with Crippen LogP contribution in [0.3, 0.4) is 0 Å². The molecule has 12 heteroatoms. The number of aryl methyl sites for hydroxylation is 2. The molecule has 0 aromatic heterocycles. The Morgan fingerprint density at radius 3 is 2.42 bits per heavy atom. The summed E-state index contributed by atoms with van der Waals surface area (Å²) in [5.41, 5.74) is 0.0704. The molecule has 0 spiro atoms. The number of para-hydroxylation sites is 1. The average molecular weight is 550 g/mol. The molecule has 0 saturated carbocycles. The van der Waals surface area contributed by atoms with E-state index < -0.39 is 60.9 Å². The van der Waals surface area contributed by atoms with Crippen molar-refractivity contribution in [3.05, 3.63) is 69.0 Å². The van der Waals surface area contributed by atoms with Crippen molar-refractivity contribution in [1.82, 2.24) is 9.21 Å². The van der Waals surface area contributed by atoms with Gasteiger partial charge in [-0.05, 0) is 70.4 Å². The Hall–Kier alpha value is -3.38. The molecule has 10 nitrogen and oxygen atoms in total. The first-order valence-electron chi connectivity index (χ1n) is 12.1. The van der Waals surface area contributed by atoms with Gasteiger partial charge in [-0.25, -0.2) is 17.6 Å². The summed E-state index contributed by atoms with van der Waals surface area (Å²) in [5, 5.41) is 11.4. The van der Waals surface area contributed by atoms with Gasteiger partial charge in [-0.2, -0.15) is 4.31 Å². The highest BCUT2D eigenvalue weighted by molar-refractivity contribution is 7.89. The Bertz CT molecular complexity index is 1350. The van der Waals surface area contributed by atoms with Crippen LogP contribution in [0.5, 0.6) is 0 Å². The number of nitro benzene ring substituents is 1. The predicted octanol–water partition coefficient (Wildman–Crippen LogP) is 3.53. The first kappa shape index (κ1) is 29.2. The number of carbonyl (C=O) groups excluding carboxylic acids is 2. The van der Waals surface area contributed by atoms with E-state index in [2.05, 4.69) is 0 Å². The molecule has 1 aliphatic rings. The van der Waals surface area contributed by atoms with Crippen LogP contribution in [0.2, 0.25) is 0 Å². The second kappa shape index (κ2) is 10.8. The fourth-order valence-corrected chi connectivity index (χ4v) is 6.29. The number of halogens is 1. The van der Waals surface area contributed by atoms with Crippen LogP contribution in [0.4, 0.5) is 10.1 Å². The van der Waals surface area contributed by atoms with Gasteiger partial charge in [0.2, 0.25) is 5.91 Å². The zero-order valence-electron chi connectivity index (χ0n) is 22.2. The summed E-state index contributed by atoms with van der Waals surface area (Å²) in [6.07, 6.45) is -0.164. The number of hydrogen-bond donors (Lipinski definition) is 0. The third-order valence-corrected chi connectivity index (χ3v) is 8.32. The van der Waals surface area contributed by atoms with Gasteiger partial charge in [0.15, 0.2) is 4.90 Å². The summed E-state index contributed by atoms with van der Waals surface area (Å²) < 4.78 is 48.1. The molecule has 206 valence electrons. The second-order valence-corrected chi connectivity index (χ2v) is 12.2. The van der Waals surface area contributed by atoms with Crippen LogP contribution in [0.15, 0.2) is 41.3 Å². The number of sulfonamides is 1. The molecule has 0 bridgehead atoms. The smallest absolute Gasteiger partial charge is 0.329 e. The standard InChI is InChI=1S/C26H32FN3O7S/c1-16-13-17(2)19(20(27)14-16)15-22(25(32)37-26(4,5)6)28-11-12-29(18(3)24(28)31)38(35,36)23-10-8-7-9-21(23)30(33)34/h7-10,13-14,18,22H,11-12,15H2,1-6H3/t18-,22-/m0/s1. The number of carbonyl (C=O) groups is 2. The monoisotopic (exact) mass is 549 g/mol. The predicted molar refractivity (Wildman–Crippen MR) is 137 cm³/mol. The second-order valence-electron chi connectivity index (χ2n) is 10.3. The van der Waals surface area contributed by atoms with Crippen molar-refractivity contribution in [1.29, 1.82) is 0 Å². The summed E-state index contributed by atoms with van der Waals surface area (Å²) in [7, 11) is -4.43. The van der Waals surface area contributed by atoms with E-state index in [9.17, 15) is 32.5 Å². The molecule has 1 amide bonds. The molecule has 1 aliphatic heterocycles. The third kappa shape index (κ3) is 6.02. The maximum atomic E-state index is 14.9. The van der Waals surface area contributed by atoms with Crippen LogP contribution in [0.25, 0.3) is 0 Å². The van der Waals surface area contributed by atoms with Crippen LogP contribution in [0.1, 0.15) is 44.4 Å². The Labute approximate surface area is 221 Å². The number of hydrogen-bond acceptors (Lipinski definition) is 7. The van der Waals surface area contributed by atoms with Crippen LogP contribution in [-0.4, -0.2) is 65.2 Å². The number of ether oxygens (including phenoxy) is 1. The Balaban J connectivity index is 1.98. The molecule has 2 aromatic rings. The average Bonchev–Trinajstić information content (AvgIpc) is 2.79. The molecule has 1 heterocycles. The van der Waals surface area contributed by atoms with Crippen molar-refractivity contribution in [2.24, 2.45) is 0 Å². The van der Waals surface area contributed by atoms with E-state index in [0.29, 0.717) is 11.1 Å². The van der Waals surface area contributed by atoms with E-state index in [1.807, 2.05) is 0 Å². The molecule has 3 rings (SSSR count). The lowest BCUT2D eigenvalue weighted by Gasteiger charge is -2.41. The lowest BCUT2D eigenvalue weighted by molar-refractivity contribution is -0.387. The number of nitro groups is 1. The summed E-state index contributed by atoms with van der Waals surface area (Å²) in [6.45, 7) is 9.39. The summed E-state index contributed by atoms with van der Waals surface area (Å²) in [6, 6.07) is 5.53. The Morgan fingerprint density at radius 2 is 1.84 bits per heavy atom. The van der Waals surface area contributed by atoms with Crippen molar-refractivity contribution in [2.75, 3.05) is 13.1 Å². The number of piperazine rings is 1. The molecule has 38 heavy (non-hydrogen) atoms. The minimum atomic E-state index is -4.43. The van der Waals surface area contributed by atoms with Crippen LogP contribution in [0, 0.1) is 29.8 Å². The Morgan fingerprint density at radius 1 is 1.21 bits per heavy atom. The SMILES string of the molecule is Cc1cc(C)c(C[C@@H](C(=O)OC(C)(C)C)N2CCN(S(=O)(=O)c3ccccc3[N+](=O)[O-])[C@@H](C)C2=O)c(F)c1. The van der Waals surface area contributed by atoms with E-state index in [1.54, 1.807) is 40.7 Å². The van der Waals surface area contributed by atoms with Gasteiger partial charge < -0.3 is 9.64 Å². The van der Waals surface area contributed by atoms with E-state index in [0.717, 1.165) is 16.4 Å². The molecule has 0 aliphatic carbocycles. The van der Waals surface area contributed by atoms with E-state index in [-0.39, 0.29) is 25.1 Å². The lowest BCUT2D eigenvalue weighted by atomic mass is 9.96. The maximum Gasteiger partial charge on any atom is 0.329 e. The van der Waals surface area contributed by atoms with Gasteiger partial charge in [-0.1, -0.05) is 18.2 Å². The van der Waals surface area contributed by atoms with Gasteiger partial charge in [0, 0.05) is 25.6 Å². The number of nitrogens with zero attached hydrogens (tertiary/aromatic N) is 3. The van der Waals surface area contributed by atoms with Crippen LogP contribution in [-0.2, 0) is 30.8 Å². The minimum Gasteiger partial charge on any atom is -0.458 e. The third-order valence-electron chi connectivity index (χ3n) is 6.30. The first-order chi connectivity index (χ1) is 17.5. The van der Waals surface area contributed by atoms with E-state index in [1.165, 1.54) is 30.0 Å². The molecule has 0 N–H and O–H groups in total. The minimum absolute atomic E-state index is 0.164. The van der Waals surface area contributed by atoms with Crippen molar-refractivity contribution >= 4 is 27.6 Å². The van der Waals surface area contributed by atoms with Gasteiger partial charge >= 0.3 is 5.97 Å². The van der Waals surface area contributed by atoms with Gasteiger partial charge in [0.25, 0.3) is 15.7 Å². The molecular weight excluding hydrogens is 517 g/mol. The highest BCUT2D eigenvalue weighted by atomic mass is 32.2. The van der Waals surface area contributed by atoms with Crippen LogP contribution >= 0.6 is 0 Å².